The number of hydrogen-bond acceptors (Lipinski definition) is 5. The van der Waals surface area contributed by atoms with E-state index in [4.69, 9.17) is 23.2 Å². The highest BCUT2D eigenvalue weighted by Gasteiger charge is 2.22. The van der Waals surface area contributed by atoms with Crippen LogP contribution in [-0.2, 0) is 9.84 Å². The van der Waals surface area contributed by atoms with Crippen LogP contribution in [0, 0.1) is 5.82 Å². The summed E-state index contributed by atoms with van der Waals surface area (Å²) in [6.45, 7) is 0. The minimum atomic E-state index is -3.57. The van der Waals surface area contributed by atoms with E-state index in [1.165, 1.54) is 36.4 Å². The van der Waals surface area contributed by atoms with Crippen LogP contribution in [0.15, 0.2) is 71.6 Å². The van der Waals surface area contributed by atoms with Crippen LogP contribution in [0.2, 0.25) is 10.0 Å². The zero-order chi connectivity index (χ0) is 23.8. The van der Waals surface area contributed by atoms with Crippen LogP contribution in [0.1, 0.15) is 10.4 Å². The second-order valence-corrected chi connectivity index (χ2v) is 10.9. The lowest BCUT2D eigenvalue weighted by molar-refractivity contribution is 0.102. The van der Waals surface area contributed by atoms with E-state index in [-0.39, 0.29) is 15.6 Å². The van der Waals surface area contributed by atoms with E-state index in [0.29, 0.717) is 31.7 Å². The first-order valence-corrected chi connectivity index (χ1v) is 12.9. The third-order valence-electron chi connectivity index (χ3n) is 4.62. The van der Waals surface area contributed by atoms with Gasteiger partial charge in [-0.25, -0.2) is 17.8 Å². The maximum Gasteiger partial charge on any atom is 0.257 e. The van der Waals surface area contributed by atoms with Gasteiger partial charge in [-0.1, -0.05) is 64.9 Å². The molecule has 168 valence electrons. The van der Waals surface area contributed by atoms with Gasteiger partial charge in [0.2, 0.25) is 0 Å². The molecule has 0 saturated heterocycles. The summed E-state index contributed by atoms with van der Waals surface area (Å²) in [5, 5.41) is 3.55. The van der Waals surface area contributed by atoms with Gasteiger partial charge in [-0.15, -0.1) is 0 Å². The minimum Gasteiger partial charge on any atom is -0.298 e. The van der Waals surface area contributed by atoms with Gasteiger partial charge in [-0.3, -0.25) is 10.1 Å². The van der Waals surface area contributed by atoms with Crippen molar-refractivity contribution in [1.29, 1.82) is 0 Å². The van der Waals surface area contributed by atoms with Crippen molar-refractivity contribution >= 4 is 55.4 Å². The molecule has 0 bridgehead atoms. The molecule has 1 amide bonds. The average Bonchev–Trinajstić information content (AvgIpc) is 3.16. The van der Waals surface area contributed by atoms with Crippen molar-refractivity contribution in [2.45, 2.75) is 4.90 Å². The normalized spacial score (nSPS) is 11.4. The summed E-state index contributed by atoms with van der Waals surface area (Å²) >= 11 is 13.1. The molecule has 10 heteroatoms. The lowest BCUT2D eigenvalue weighted by Gasteiger charge is -2.08. The highest BCUT2D eigenvalue weighted by molar-refractivity contribution is 7.90. The van der Waals surface area contributed by atoms with E-state index in [0.717, 1.165) is 17.6 Å². The number of benzene rings is 3. The van der Waals surface area contributed by atoms with Gasteiger partial charge in [0, 0.05) is 27.4 Å². The predicted molar refractivity (Wildman–Crippen MR) is 130 cm³/mol. The van der Waals surface area contributed by atoms with Crippen molar-refractivity contribution in [3.05, 3.63) is 88.2 Å². The van der Waals surface area contributed by atoms with E-state index >= 15 is 0 Å². The topological polar surface area (TPSA) is 76.1 Å². The number of rotatable bonds is 5. The molecule has 0 radical (unpaired) electrons. The van der Waals surface area contributed by atoms with Crippen LogP contribution in [-0.4, -0.2) is 25.6 Å². The van der Waals surface area contributed by atoms with E-state index in [1.807, 2.05) is 0 Å². The molecule has 3 aromatic carbocycles. The molecule has 0 aliphatic rings. The van der Waals surface area contributed by atoms with Crippen molar-refractivity contribution in [2.75, 3.05) is 11.6 Å². The van der Waals surface area contributed by atoms with Crippen LogP contribution in [0.25, 0.3) is 21.7 Å². The molecule has 33 heavy (non-hydrogen) atoms. The standard InChI is InChI=1S/C23H15Cl2FN2O3S2/c1-33(30,31)19-5-3-2-4-18(19)20-21(13-6-8-17(26)9-7-13)32-23(27-20)28-22(29)14-10-15(24)12-16(25)11-14/h2-12H,1H3,(H,27,28,29). The largest absolute Gasteiger partial charge is 0.298 e. The smallest absolute Gasteiger partial charge is 0.257 e. The van der Waals surface area contributed by atoms with Gasteiger partial charge in [0.05, 0.1) is 15.5 Å². The van der Waals surface area contributed by atoms with Gasteiger partial charge in [-0.05, 0) is 42.0 Å². The Balaban J connectivity index is 1.83. The summed E-state index contributed by atoms with van der Waals surface area (Å²) in [6.07, 6.45) is 1.11. The van der Waals surface area contributed by atoms with Crippen molar-refractivity contribution < 1.29 is 17.6 Å². The fourth-order valence-electron chi connectivity index (χ4n) is 3.19. The molecule has 0 fully saturated rings. The van der Waals surface area contributed by atoms with Gasteiger partial charge >= 0.3 is 0 Å². The predicted octanol–water partition coefficient (Wildman–Crippen LogP) is 6.58. The lowest BCUT2D eigenvalue weighted by atomic mass is 10.1. The Bertz CT molecular complexity index is 1450. The Kier molecular flexibility index (Phi) is 6.54. The molecular weight excluding hydrogens is 506 g/mol. The van der Waals surface area contributed by atoms with Crippen LogP contribution >= 0.6 is 34.5 Å². The van der Waals surface area contributed by atoms with E-state index in [2.05, 4.69) is 10.3 Å². The summed E-state index contributed by atoms with van der Waals surface area (Å²) < 4.78 is 38.3. The number of nitrogens with one attached hydrogen (secondary N) is 1. The summed E-state index contributed by atoms with van der Waals surface area (Å²) in [5.74, 6) is -0.894. The monoisotopic (exact) mass is 520 g/mol. The quantitative estimate of drug-likeness (QED) is 0.322. The molecule has 1 aromatic heterocycles. The third-order valence-corrected chi connectivity index (χ3v) is 7.23. The molecule has 0 atom stereocenters. The second-order valence-electron chi connectivity index (χ2n) is 7.08. The molecule has 4 rings (SSSR count). The number of aromatic nitrogens is 1. The summed E-state index contributed by atoms with van der Waals surface area (Å²) in [5.41, 5.74) is 1.59. The lowest BCUT2D eigenvalue weighted by Crippen LogP contribution is -2.11. The maximum atomic E-state index is 13.5. The van der Waals surface area contributed by atoms with E-state index < -0.39 is 21.6 Å². The first kappa shape index (κ1) is 23.4. The molecule has 0 aliphatic heterocycles. The maximum absolute atomic E-state index is 13.5. The second kappa shape index (κ2) is 9.23. The van der Waals surface area contributed by atoms with Crippen molar-refractivity contribution in [3.63, 3.8) is 0 Å². The van der Waals surface area contributed by atoms with Gasteiger partial charge in [0.1, 0.15) is 5.82 Å². The molecule has 5 nitrogen and oxygen atoms in total. The third kappa shape index (κ3) is 5.25. The zero-order valence-corrected chi connectivity index (χ0v) is 20.1. The van der Waals surface area contributed by atoms with Gasteiger partial charge < -0.3 is 0 Å². The SMILES string of the molecule is CS(=O)(=O)c1ccccc1-c1nc(NC(=O)c2cc(Cl)cc(Cl)c2)sc1-c1ccc(F)cc1. The number of sulfone groups is 1. The van der Waals surface area contributed by atoms with Gasteiger partial charge in [-0.2, -0.15) is 0 Å². The van der Waals surface area contributed by atoms with E-state index in [1.54, 1.807) is 30.3 Å². The van der Waals surface area contributed by atoms with Gasteiger partial charge in [0.15, 0.2) is 15.0 Å². The Morgan fingerprint density at radius 3 is 2.27 bits per heavy atom. The van der Waals surface area contributed by atoms with Crippen molar-refractivity contribution in [1.82, 2.24) is 4.98 Å². The number of thiazole rings is 1. The number of anilines is 1. The number of carbonyl (C=O) groups is 1. The average molecular weight is 521 g/mol. The molecule has 1 heterocycles. The first-order chi connectivity index (χ1) is 15.6. The van der Waals surface area contributed by atoms with Crippen LogP contribution in [0.4, 0.5) is 9.52 Å². The molecule has 0 unspecified atom stereocenters. The number of amides is 1. The molecular formula is C23H15Cl2FN2O3S2. The first-order valence-electron chi connectivity index (χ1n) is 9.45. The van der Waals surface area contributed by atoms with Crippen molar-refractivity contribution in [2.24, 2.45) is 0 Å². The number of carbonyl (C=O) groups excluding carboxylic acids is 1. The Hall–Kier alpha value is -2.78. The minimum absolute atomic E-state index is 0.0955. The van der Waals surface area contributed by atoms with Crippen LogP contribution in [0.3, 0.4) is 0 Å². The molecule has 0 saturated carbocycles. The van der Waals surface area contributed by atoms with Crippen molar-refractivity contribution in [3.8, 4) is 21.7 Å². The Labute approximate surface area is 203 Å². The van der Waals surface area contributed by atoms with E-state index in [9.17, 15) is 17.6 Å². The highest BCUT2D eigenvalue weighted by atomic mass is 35.5. The highest BCUT2D eigenvalue weighted by Crippen LogP contribution is 2.41. The molecule has 1 N–H and O–H groups in total. The number of nitrogens with zero attached hydrogens (tertiary/aromatic N) is 1. The molecule has 0 spiro atoms. The Morgan fingerprint density at radius 2 is 1.64 bits per heavy atom. The van der Waals surface area contributed by atoms with Crippen LogP contribution in [0.5, 0.6) is 0 Å². The van der Waals surface area contributed by atoms with Gasteiger partial charge in [0.25, 0.3) is 5.91 Å². The number of halogens is 3. The summed E-state index contributed by atoms with van der Waals surface area (Å²) in [4.78, 5) is 18.0. The molecule has 0 aliphatic carbocycles. The fourth-order valence-corrected chi connectivity index (χ4v) is 5.59. The summed E-state index contributed by atoms with van der Waals surface area (Å²) in [7, 11) is -3.57. The Morgan fingerprint density at radius 1 is 1.00 bits per heavy atom. The zero-order valence-electron chi connectivity index (χ0n) is 17.0. The fraction of sp³-hybridized carbons (Fsp3) is 0.0435. The van der Waals surface area contributed by atoms with Crippen LogP contribution < -0.4 is 5.32 Å². The molecule has 4 aromatic rings. The summed E-state index contributed by atoms with van der Waals surface area (Å²) in [6, 6.07) is 16.6. The number of hydrogen-bond donors (Lipinski definition) is 1.